The molecule has 3 N–H and O–H groups in total. The van der Waals surface area contributed by atoms with Crippen molar-refractivity contribution in [2.45, 2.75) is 61.1 Å². The van der Waals surface area contributed by atoms with E-state index >= 15 is 0 Å². The van der Waals surface area contributed by atoms with Crippen molar-refractivity contribution in [3.8, 4) is 0 Å². The maximum Gasteiger partial charge on any atom is 0.244 e. The van der Waals surface area contributed by atoms with E-state index in [4.69, 9.17) is 0 Å². The van der Waals surface area contributed by atoms with E-state index in [1.807, 2.05) is 60.7 Å². The van der Waals surface area contributed by atoms with Gasteiger partial charge in [0.25, 0.3) is 0 Å². The Labute approximate surface area is 222 Å². The predicted octanol–water partition coefficient (Wildman–Crippen LogP) is 3.59. The Bertz CT molecular complexity index is 1150. The van der Waals surface area contributed by atoms with Gasteiger partial charge in [0.1, 0.15) is 6.04 Å². The van der Waals surface area contributed by atoms with Crippen LogP contribution in [-0.2, 0) is 20.9 Å². The van der Waals surface area contributed by atoms with Crippen LogP contribution in [0.25, 0.3) is 0 Å². The Morgan fingerprint density at radius 2 is 1.70 bits per heavy atom. The summed E-state index contributed by atoms with van der Waals surface area (Å²) in [6.45, 7) is 3.03. The van der Waals surface area contributed by atoms with Crippen molar-refractivity contribution >= 4 is 35.2 Å². The van der Waals surface area contributed by atoms with Gasteiger partial charge in [-0.2, -0.15) is 0 Å². The third-order valence-corrected chi connectivity index (χ3v) is 10.2. The summed E-state index contributed by atoms with van der Waals surface area (Å²) >= 11 is 1.68. The molecule has 3 aliphatic rings. The van der Waals surface area contributed by atoms with Crippen LogP contribution in [0.2, 0.25) is 0 Å². The number of thioether (sulfide) groups is 1. The Balaban J connectivity index is 1.43. The van der Waals surface area contributed by atoms with E-state index in [1.54, 1.807) is 16.7 Å². The highest BCUT2D eigenvalue weighted by atomic mass is 32.2. The number of fused-ring (bicyclic) bond motifs is 1. The molecule has 7 nitrogen and oxygen atoms in total. The molecule has 5 rings (SSSR count). The molecule has 0 aromatic heterocycles. The number of anilines is 1. The van der Waals surface area contributed by atoms with Crippen molar-refractivity contribution < 1.29 is 19.5 Å². The van der Waals surface area contributed by atoms with Gasteiger partial charge >= 0.3 is 0 Å². The van der Waals surface area contributed by atoms with Crippen molar-refractivity contribution in [3.05, 3.63) is 66.2 Å². The lowest BCUT2D eigenvalue weighted by Crippen LogP contribution is -2.53. The molecule has 2 bridgehead atoms. The van der Waals surface area contributed by atoms with Crippen LogP contribution in [0.3, 0.4) is 0 Å². The first-order valence-electron chi connectivity index (χ1n) is 13.2. The highest BCUT2D eigenvalue weighted by molar-refractivity contribution is 8.02. The van der Waals surface area contributed by atoms with Crippen LogP contribution in [0.15, 0.2) is 60.7 Å². The molecule has 2 aromatic rings. The van der Waals surface area contributed by atoms with Crippen molar-refractivity contribution in [1.29, 1.82) is 0 Å². The Kier molecular flexibility index (Phi) is 7.32. The molecule has 3 aliphatic heterocycles. The van der Waals surface area contributed by atoms with Crippen LogP contribution in [0.5, 0.6) is 0 Å². The topological polar surface area (TPSA) is 98.7 Å². The maximum atomic E-state index is 14.0. The number of unbranched alkanes of at least 4 members (excludes halogenated alkanes) is 2. The minimum atomic E-state index is -0.623. The molecule has 196 valence electrons. The number of aliphatic hydroxyl groups is 1. The highest BCUT2D eigenvalue weighted by Gasteiger charge is 2.76. The number of nitrogens with one attached hydrogen (secondary N) is 2. The molecular formula is C29H35N3O4S. The van der Waals surface area contributed by atoms with Gasteiger partial charge in [-0.3, -0.25) is 14.4 Å². The van der Waals surface area contributed by atoms with Crippen LogP contribution < -0.4 is 10.6 Å². The third-order valence-electron chi connectivity index (χ3n) is 8.22. The van der Waals surface area contributed by atoms with Gasteiger partial charge < -0.3 is 20.6 Å². The molecule has 0 saturated carbocycles. The molecule has 37 heavy (non-hydrogen) atoms. The zero-order chi connectivity index (χ0) is 26.0. The zero-order valence-electron chi connectivity index (χ0n) is 21.2. The molecular weight excluding hydrogens is 486 g/mol. The zero-order valence-corrected chi connectivity index (χ0v) is 22.0. The summed E-state index contributed by atoms with van der Waals surface area (Å²) in [5, 5.41) is 15.3. The standard InChI is InChI=1S/C29H35N3O4S/c1-28-15-16-29(37-28)23(22(28)25(34)31-21-13-7-3-8-14-21)27(36)32(17-9-4-10-18-33)24(29)26(35)30-19-20-11-5-2-6-12-20/h2-3,5-8,11-14,22-24,33H,4,9-10,15-19H2,1H3,(H,30,35)(H,31,34)/t22-,23+,24?,28+,29?/m1/s1. The van der Waals surface area contributed by atoms with E-state index in [-0.39, 0.29) is 24.3 Å². The summed E-state index contributed by atoms with van der Waals surface area (Å²) in [4.78, 5) is 43.2. The number of amides is 3. The van der Waals surface area contributed by atoms with Crippen LogP contribution in [-0.4, -0.2) is 56.4 Å². The number of hydrogen-bond acceptors (Lipinski definition) is 5. The van der Waals surface area contributed by atoms with Gasteiger partial charge in [-0.1, -0.05) is 48.5 Å². The van der Waals surface area contributed by atoms with Gasteiger partial charge in [-0.05, 0) is 56.7 Å². The van der Waals surface area contributed by atoms with E-state index < -0.39 is 27.4 Å². The Morgan fingerprint density at radius 3 is 2.41 bits per heavy atom. The fourth-order valence-electron chi connectivity index (χ4n) is 6.56. The van der Waals surface area contributed by atoms with Gasteiger partial charge in [0.2, 0.25) is 17.7 Å². The highest BCUT2D eigenvalue weighted by Crippen LogP contribution is 2.71. The quantitative estimate of drug-likeness (QED) is 0.415. The average Bonchev–Trinajstić information content (AvgIpc) is 3.47. The minimum Gasteiger partial charge on any atom is -0.396 e. The maximum absolute atomic E-state index is 14.0. The van der Waals surface area contributed by atoms with Gasteiger partial charge in [-0.25, -0.2) is 0 Å². The number of rotatable bonds is 10. The lowest BCUT2D eigenvalue weighted by atomic mass is 9.66. The first-order chi connectivity index (χ1) is 17.9. The fourth-order valence-corrected chi connectivity index (χ4v) is 8.92. The van der Waals surface area contributed by atoms with E-state index in [0.29, 0.717) is 31.6 Å². The van der Waals surface area contributed by atoms with E-state index in [1.165, 1.54) is 0 Å². The monoisotopic (exact) mass is 521 g/mol. The number of hydrogen-bond donors (Lipinski definition) is 3. The van der Waals surface area contributed by atoms with Crippen LogP contribution in [0.1, 0.15) is 44.6 Å². The number of carbonyl (C=O) groups excluding carboxylic acids is 3. The van der Waals surface area contributed by atoms with E-state index in [9.17, 15) is 19.5 Å². The number of carbonyl (C=O) groups is 3. The Morgan fingerprint density at radius 1 is 1.00 bits per heavy atom. The summed E-state index contributed by atoms with van der Waals surface area (Å²) in [5.41, 5.74) is 1.71. The Hall–Kier alpha value is -2.84. The fraction of sp³-hybridized carbons (Fsp3) is 0.483. The molecule has 0 aliphatic carbocycles. The molecule has 3 heterocycles. The SMILES string of the molecule is C[C@@]12CCC3(S1)C(C(=O)NCc1ccccc1)N(CCCCCO)C(=O)[C@@H]3[C@@H]2C(=O)Nc1ccccc1. The second-order valence-corrected chi connectivity index (χ2v) is 12.5. The van der Waals surface area contributed by atoms with E-state index in [0.717, 1.165) is 24.8 Å². The first kappa shape index (κ1) is 25.8. The second kappa shape index (κ2) is 10.5. The van der Waals surface area contributed by atoms with E-state index in [2.05, 4.69) is 17.6 Å². The number of aliphatic hydroxyl groups excluding tert-OH is 1. The summed E-state index contributed by atoms with van der Waals surface area (Å²) in [6.07, 6.45) is 3.67. The first-order valence-corrected chi connectivity index (χ1v) is 14.0. The molecule has 0 radical (unpaired) electrons. The summed E-state index contributed by atoms with van der Waals surface area (Å²) in [6, 6.07) is 18.5. The molecule has 2 unspecified atom stereocenters. The summed E-state index contributed by atoms with van der Waals surface area (Å²) in [7, 11) is 0. The average molecular weight is 522 g/mol. The van der Waals surface area contributed by atoms with Crippen LogP contribution >= 0.6 is 11.8 Å². The van der Waals surface area contributed by atoms with Gasteiger partial charge in [0.15, 0.2) is 0 Å². The van der Waals surface area contributed by atoms with Crippen molar-refractivity contribution in [2.75, 3.05) is 18.5 Å². The number of para-hydroxylation sites is 1. The molecule has 8 heteroatoms. The second-order valence-electron chi connectivity index (χ2n) is 10.6. The largest absolute Gasteiger partial charge is 0.396 e. The van der Waals surface area contributed by atoms with Crippen LogP contribution in [0.4, 0.5) is 5.69 Å². The normalized spacial score (nSPS) is 29.8. The number of nitrogens with zero attached hydrogens (tertiary/aromatic N) is 1. The van der Waals surface area contributed by atoms with Gasteiger partial charge in [0.05, 0.1) is 16.6 Å². The van der Waals surface area contributed by atoms with Crippen molar-refractivity contribution in [2.24, 2.45) is 11.8 Å². The summed E-state index contributed by atoms with van der Waals surface area (Å²) in [5.74, 6) is -1.43. The smallest absolute Gasteiger partial charge is 0.244 e. The van der Waals surface area contributed by atoms with Gasteiger partial charge in [0, 0.05) is 30.1 Å². The molecule has 3 amide bonds. The summed E-state index contributed by atoms with van der Waals surface area (Å²) < 4.78 is -1.03. The lowest BCUT2D eigenvalue weighted by molar-refractivity contribution is -0.139. The van der Waals surface area contributed by atoms with Crippen molar-refractivity contribution in [3.63, 3.8) is 0 Å². The molecule has 5 atom stereocenters. The van der Waals surface area contributed by atoms with Crippen molar-refractivity contribution in [1.82, 2.24) is 10.2 Å². The van der Waals surface area contributed by atoms with Gasteiger partial charge in [-0.15, -0.1) is 11.8 Å². The molecule has 2 aromatic carbocycles. The molecule has 1 spiro atoms. The number of likely N-dealkylation sites (tertiary alicyclic amines) is 1. The van der Waals surface area contributed by atoms with Crippen LogP contribution in [0, 0.1) is 11.8 Å². The molecule has 3 fully saturated rings. The minimum absolute atomic E-state index is 0.0898. The third kappa shape index (κ3) is 4.66. The number of benzene rings is 2. The predicted molar refractivity (Wildman–Crippen MR) is 145 cm³/mol. The molecule has 3 saturated heterocycles. The lowest BCUT2D eigenvalue weighted by Gasteiger charge is -2.34.